The number of carboxylic acid groups (broad SMARTS) is 1. The molecule has 100 valence electrons. The maximum absolute atomic E-state index is 11.4. The Hall–Kier alpha value is -2.61. The molecule has 1 aromatic carbocycles. The largest absolute Gasteiger partial charge is 0.478 e. The Morgan fingerprint density at radius 3 is 2.65 bits per heavy atom. The lowest BCUT2D eigenvalue weighted by Gasteiger charge is -2.01. The first-order valence-corrected chi connectivity index (χ1v) is 6.41. The zero-order valence-electron chi connectivity index (χ0n) is 9.98. The summed E-state index contributed by atoms with van der Waals surface area (Å²) in [4.78, 5) is 23.0. The number of rotatable bonds is 3. The molecule has 0 amide bonds. The lowest BCUT2D eigenvalue weighted by molar-refractivity contribution is 0.0697. The van der Waals surface area contributed by atoms with Crippen molar-refractivity contribution in [2.45, 2.75) is 9.92 Å². The molecular weight excluding hydrogens is 280 g/mol. The van der Waals surface area contributed by atoms with E-state index in [0.29, 0.717) is 10.7 Å². The topological polar surface area (TPSA) is 100 Å². The monoisotopic (exact) mass is 288 g/mol. The first-order chi connectivity index (χ1) is 9.63. The van der Waals surface area contributed by atoms with Crippen LogP contribution in [0.1, 0.15) is 10.4 Å². The fraction of sp³-hybridized carbons (Fsp3) is 0. The summed E-state index contributed by atoms with van der Waals surface area (Å²) >= 11 is 1.33. The van der Waals surface area contributed by atoms with Gasteiger partial charge in [0.15, 0.2) is 5.65 Å². The average Bonchev–Trinajstić information content (AvgIpc) is 2.81. The number of carboxylic acids is 1. The van der Waals surface area contributed by atoms with Crippen molar-refractivity contribution in [2.75, 3.05) is 0 Å². The highest BCUT2D eigenvalue weighted by Gasteiger charge is 2.06. The van der Waals surface area contributed by atoms with Crippen molar-refractivity contribution >= 4 is 23.4 Å². The van der Waals surface area contributed by atoms with E-state index in [1.807, 2.05) is 0 Å². The summed E-state index contributed by atoms with van der Waals surface area (Å²) in [6.07, 6.45) is 0. The molecule has 0 aliphatic carbocycles. The van der Waals surface area contributed by atoms with Gasteiger partial charge in [0.1, 0.15) is 5.03 Å². The van der Waals surface area contributed by atoms with Crippen LogP contribution in [-0.4, -0.2) is 30.9 Å². The van der Waals surface area contributed by atoms with Crippen LogP contribution in [0, 0.1) is 0 Å². The molecule has 2 aromatic heterocycles. The highest BCUT2D eigenvalue weighted by atomic mass is 32.2. The molecule has 0 fully saturated rings. The second kappa shape index (κ2) is 4.82. The number of aromatic nitrogens is 4. The van der Waals surface area contributed by atoms with Crippen LogP contribution in [0.3, 0.4) is 0 Å². The fourth-order valence-corrected chi connectivity index (χ4v) is 2.40. The molecule has 0 radical (unpaired) electrons. The number of hydrogen-bond donors (Lipinski definition) is 2. The van der Waals surface area contributed by atoms with Crippen LogP contribution in [0.2, 0.25) is 0 Å². The Kier molecular flexibility index (Phi) is 2.99. The number of nitrogens with one attached hydrogen (secondary N) is 1. The minimum atomic E-state index is -0.967. The zero-order chi connectivity index (χ0) is 14.1. The lowest BCUT2D eigenvalue weighted by Crippen LogP contribution is -2.12. The van der Waals surface area contributed by atoms with Crippen LogP contribution >= 0.6 is 11.8 Å². The number of fused-ring (bicyclic) bond motifs is 1. The zero-order valence-corrected chi connectivity index (χ0v) is 10.8. The average molecular weight is 288 g/mol. The molecule has 0 aliphatic heterocycles. The van der Waals surface area contributed by atoms with Crippen LogP contribution in [-0.2, 0) is 0 Å². The predicted octanol–water partition coefficient (Wildman–Crippen LogP) is 1.27. The Morgan fingerprint density at radius 2 is 1.95 bits per heavy atom. The summed E-state index contributed by atoms with van der Waals surface area (Å²) in [5.41, 5.74) is 0.271. The minimum absolute atomic E-state index is 0.226. The standard InChI is InChI=1S/C12H8N4O3S/c17-11(18)7-1-3-8(4-2-7)20-10-6-5-9-13-14-12(19)16(9)15-10/h1-6H,(H,14,19)(H,17,18). The van der Waals surface area contributed by atoms with Gasteiger partial charge in [-0.05, 0) is 36.4 Å². The smallest absolute Gasteiger partial charge is 0.364 e. The summed E-state index contributed by atoms with van der Waals surface area (Å²) in [5, 5.41) is 19.7. The van der Waals surface area contributed by atoms with Gasteiger partial charge in [0.05, 0.1) is 5.56 Å². The second-order valence-corrected chi connectivity index (χ2v) is 5.00. The van der Waals surface area contributed by atoms with E-state index in [0.717, 1.165) is 4.90 Å². The maximum atomic E-state index is 11.4. The first kappa shape index (κ1) is 12.4. The van der Waals surface area contributed by atoms with Gasteiger partial charge in [-0.15, -0.1) is 0 Å². The molecule has 0 unspecified atom stereocenters. The molecule has 20 heavy (non-hydrogen) atoms. The third kappa shape index (κ3) is 2.28. The molecule has 0 saturated carbocycles. The van der Waals surface area contributed by atoms with Crippen molar-refractivity contribution in [2.24, 2.45) is 0 Å². The Bertz CT molecular complexity index is 838. The number of aromatic amines is 1. The summed E-state index contributed by atoms with van der Waals surface area (Å²) in [6, 6.07) is 9.85. The van der Waals surface area contributed by atoms with Gasteiger partial charge in [-0.3, -0.25) is 0 Å². The molecule has 3 aromatic rings. The van der Waals surface area contributed by atoms with E-state index in [9.17, 15) is 9.59 Å². The molecule has 0 saturated heterocycles. The van der Waals surface area contributed by atoms with Crippen molar-refractivity contribution in [3.8, 4) is 0 Å². The van der Waals surface area contributed by atoms with Crippen molar-refractivity contribution < 1.29 is 9.90 Å². The highest BCUT2D eigenvalue weighted by molar-refractivity contribution is 7.99. The van der Waals surface area contributed by atoms with Gasteiger partial charge in [0, 0.05) is 4.90 Å². The van der Waals surface area contributed by atoms with Crippen molar-refractivity contribution in [3.63, 3.8) is 0 Å². The van der Waals surface area contributed by atoms with Gasteiger partial charge in [-0.2, -0.15) is 14.7 Å². The molecular formula is C12H8N4O3S. The molecule has 0 atom stereocenters. The van der Waals surface area contributed by atoms with Crippen LogP contribution in [0.5, 0.6) is 0 Å². The molecule has 7 nitrogen and oxygen atoms in total. The summed E-state index contributed by atoms with van der Waals surface area (Å²) < 4.78 is 1.17. The van der Waals surface area contributed by atoms with Gasteiger partial charge < -0.3 is 5.11 Å². The van der Waals surface area contributed by atoms with Crippen molar-refractivity contribution in [1.29, 1.82) is 0 Å². The van der Waals surface area contributed by atoms with Crippen molar-refractivity contribution in [3.05, 3.63) is 52.4 Å². The Morgan fingerprint density at radius 1 is 1.20 bits per heavy atom. The van der Waals surface area contributed by atoms with E-state index in [1.54, 1.807) is 24.3 Å². The number of nitrogens with zero attached hydrogens (tertiary/aromatic N) is 3. The van der Waals surface area contributed by atoms with E-state index in [1.165, 1.54) is 28.4 Å². The SMILES string of the molecule is O=C(O)c1ccc(Sc2ccc3n[nH]c(=O)n3n2)cc1. The normalized spacial score (nSPS) is 10.8. The number of H-pyrrole nitrogens is 1. The fourth-order valence-electron chi connectivity index (χ4n) is 1.63. The van der Waals surface area contributed by atoms with Crippen LogP contribution < -0.4 is 5.69 Å². The van der Waals surface area contributed by atoms with Crippen LogP contribution in [0.4, 0.5) is 0 Å². The van der Waals surface area contributed by atoms with E-state index in [-0.39, 0.29) is 5.56 Å². The van der Waals surface area contributed by atoms with Gasteiger partial charge in [-0.25, -0.2) is 14.7 Å². The highest BCUT2D eigenvalue weighted by Crippen LogP contribution is 2.25. The Balaban J connectivity index is 1.90. The molecule has 3 rings (SSSR count). The lowest BCUT2D eigenvalue weighted by atomic mass is 10.2. The van der Waals surface area contributed by atoms with Crippen molar-refractivity contribution in [1.82, 2.24) is 19.8 Å². The quantitative estimate of drug-likeness (QED) is 0.752. The third-order valence-electron chi connectivity index (χ3n) is 2.57. The van der Waals surface area contributed by atoms with Gasteiger partial charge in [-0.1, -0.05) is 11.8 Å². The van der Waals surface area contributed by atoms with E-state index in [2.05, 4.69) is 15.3 Å². The molecule has 0 bridgehead atoms. The number of benzene rings is 1. The minimum Gasteiger partial charge on any atom is -0.478 e. The van der Waals surface area contributed by atoms with E-state index in [4.69, 9.17) is 5.11 Å². The number of hydrogen-bond acceptors (Lipinski definition) is 5. The van der Waals surface area contributed by atoms with Gasteiger partial charge in [0.2, 0.25) is 0 Å². The Labute approximate surface area is 116 Å². The first-order valence-electron chi connectivity index (χ1n) is 5.59. The summed E-state index contributed by atoms with van der Waals surface area (Å²) in [6.45, 7) is 0. The summed E-state index contributed by atoms with van der Waals surface area (Å²) in [7, 11) is 0. The van der Waals surface area contributed by atoms with Crippen LogP contribution in [0.15, 0.2) is 51.1 Å². The molecule has 0 spiro atoms. The number of carbonyl (C=O) groups is 1. The second-order valence-electron chi connectivity index (χ2n) is 3.90. The van der Waals surface area contributed by atoms with Crippen LogP contribution in [0.25, 0.3) is 5.65 Å². The maximum Gasteiger partial charge on any atom is 0.364 e. The molecule has 2 N–H and O–H groups in total. The van der Waals surface area contributed by atoms with Gasteiger partial charge >= 0.3 is 11.7 Å². The van der Waals surface area contributed by atoms with E-state index < -0.39 is 11.7 Å². The predicted molar refractivity (Wildman–Crippen MR) is 71.1 cm³/mol. The summed E-state index contributed by atoms with van der Waals surface area (Å²) in [5.74, 6) is -0.967. The third-order valence-corrected chi connectivity index (χ3v) is 3.51. The van der Waals surface area contributed by atoms with Gasteiger partial charge in [0.25, 0.3) is 0 Å². The molecule has 0 aliphatic rings. The molecule has 8 heteroatoms. The van der Waals surface area contributed by atoms with E-state index >= 15 is 0 Å². The number of aromatic carboxylic acids is 1. The molecule has 2 heterocycles.